The van der Waals surface area contributed by atoms with E-state index in [1.807, 2.05) is 62.4 Å². The number of nitrogens with zero attached hydrogens (tertiary/aromatic N) is 3. The Kier molecular flexibility index (Phi) is 3.36. The van der Waals surface area contributed by atoms with E-state index in [4.69, 9.17) is 5.73 Å². The van der Waals surface area contributed by atoms with Crippen LogP contribution < -0.4 is 5.73 Å². The Morgan fingerprint density at radius 2 is 1.14 bits per heavy atom. The molecule has 0 saturated heterocycles. The summed E-state index contributed by atoms with van der Waals surface area (Å²) < 4.78 is 0. The van der Waals surface area contributed by atoms with Crippen LogP contribution in [0.15, 0.2) is 48.5 Å². The van der Waals surface area contributed by atoms with Crippen LogP contribution in [-0.4, -0.2) is 15.0 Å². The molecule has 3 aromatic heterocycles. The number of aryl methyl sites for hydroxylation is 2. The van der Waals surface area contributed by atoms with Crippen molar-refractivity contribution in [1.29, 1.82) is 0 Å². The number of hydrogen-bond donors (Lipinski definition) is 1. The fourth-order valence-electron chi connectivity index (χ4n) is 2.19. The number of aromatic nitrogens is 3. The maximum Gasteiger partial charge on any atom is 0.0914 e. The van der Waals surface area contributed by atoms with E-state index in [9.17, 15) is 0 Å². The molecule has 0 aliphatic heterocycles. The van der Waals surface area contributed by atoms with Gasteiger partial charge in [0.1, 0.15) is 0 Å². The molecule has 3 aromatic rings. The van der Waals surface area contributed by atoms with Crippen molar-refractivity contribution < 1.29 is 0 Å². The molecule has 2 N–H and O–H groups in total. The van der Waals surface area contributed by atoms with Crippen molar-refractivity contribution in [3.8, 4) is 22.8 Å². The number of hydrogen-bond acceptors (Lipinski definition) is 4. The molecule has 0 radical (unpaired) electrons. The Labute approximate surface area is 123 Å². The normalized spacial score (nSPS) is 10.6. The summed E-state index contributed by atoms with van der Waals surface area (Å²) >= 11 is 0. The van der Waals surface area contributed by atoms with Gasteiger partial charge >= 0.3 is 0 Å². The van der Waals surface area contributed by atoms with Gasteiger partial charge in [0, 0.05) is 17.1 Å². The average molecular weight is 276 g/mol. The monoisotopic (exact) mass is 276 g/mol. The van der Waals surface area contributed by atoms with Gasteiger partial charge in [0.2, 0.25) is 0 Å². The SMILES string of the molecule is Cc1cccc(-c2cc(N)cc(-c3cccc(C)n3)n2)n1. The van der Waals surface area contributed by atoms with E-state index >= 15 is 0 Å². The number of nitrogens with two attached hydrogens (primary N) is 1. The molecule has 3 heterocycles. The predicted molar refractivity (Wildman–Crippen MR) is 84.6 cm³/mol. The van der Waals surface area contributed by atoms with Gasteiger partial charge in [-0.1, -0.05) is 12.1 Å². The van der Waals surface area contributed by atoms with Gasteiger partial charge in [-0.25, -0.2) is 4.98 Å². The molecule has 0 amide bonds. The van der Waals surface area contributed by atoms with Gasteiger partial charge in [0.15, 0.2) is 0 Å². The van der Waals surface area contributed by atoms with Crippen LogP contribution in [0.5, 0.6) is 0 Å². The molecule has 104 valence electrons. The Bertz CT molecular complexity index is 733. The maximum atomic E-state index is 6.01. The molecule has 0 saturated carbocycles. The minimum absolute atomic E-state index is 0.654. The molecule has 3 rings (SSSR count). The molecular formula is C17H16N4. The topological polar surface area (TPSA) is 64.7 Å². The molecule has 0 aliphatic rings. The zero-order chi connectivity index (χ0) is 14.8. The summed E-state index contributed by atoms with van der Waals surface area (Å²) in [4.78, 5) is 13.6. The molecule has 0 unspecified atom stereocenters. The second kappa shape index (κ2) is 5.32. The molecule has 4 nitrogen and oxygen atoms in total. The van der Waals surface area contributed by atoms with Crippen LogP contribution in [0.25, 0.3) is 22.8 Å². The van der Waals surface area contributed by atoms with Crippen molar-refractivity contribution in [2.45, 2.75) is 13.8 Å². The van der Waals surface area contributed by atoms with Crippen molar-refractivity contribution in [3.63, 3.8) is 0 Å². The van der Waals surface area contributed by atoms with E-state index in [1.54, 1.807) is 0 Å². The first-order valence-corrected chi connectivity index (χ1v) is 6.77. The zero-order valence-electron chi connectivity index (χ0n) is 12.0. The van der Waals surface area contributed by atoms with E-state index in [0.29, 0.717) is 5.69 Å². The van der Waals surface area contributed by atoms with Crippen molar-refractivity contribution >= 4 is 5.69 Å². The Morgan fingerprint density at radius 1 is 0.667 bits per heavy atom. The van der Waals surface area contributed by atoms with Crippen LogP contribution in [0.4, 0.5) is 5.69 Å². The first-order chi connectivity index (χ1) is 10.1. The zero-order valence-corrected chi connectivity index (χ0v) is 12.0. The molecule has 0 fully saturated rings. The fraction of sp³-hybridized carbons (Fsp3) is 0.118. The molecule has 4 heteroatoms. The summed E-state index contributed by atoms with van der Waals surface area (Å²) in [6.45, 7) is 3.91. The number of anilines is 1. The molecule has 21 heavy (non-hydrogen) atoms. The van der Waals surface area contributed by atoms with Gasteiger partial charge < -0.3 is 5.73 Å². The summed E-state index contributed by atoms with van der Waals surface area (Å²) in [5.41, 5.74) is 11.7. The molecular weight excluding hydrogens is 260 g/mol. The van der Waals surface area contributed by atoms with E-state index < -0.39 is 0 Å². The lowest BCUT2D eigenvalue weighted by Crippen LogP contribution is -1.97. The third kappa shape index (κ3) is 2.89. The molecule has 0 atom stereocenters. The number of pyridine rings is 3. The highest BCUT2D eigenvalue weighted by Gasteiger charge is 2.08. The number of nitrogen functional groups attached to an aromatic ring is 1. The summed E-state index contributed by atoms with van der Waals surface area (Å²) in [5.74, 6) is 0. The van der Waals surface area contributed by atoms with E-state index in [2.05, 4.69) is 15.0 Å². The second-order valence-electron chi connectivity index (χ2n) is 5.00. The lowest BCUT2D eigenvalue weighted by molar-refractivity contribution is 1.16. The van der Waals surface area contributed by atoms with Crippen LogP contribution >= 0.6 is 0 Å². The Morgan fingerprint density at radius 3 is 1.57 bits per heavy atom. The summed E-state index contributed by atoms with van der Waals surface area (Å²) in [5, 5.41) is 0. The second-order valence-corrected chi connectivity index (χ2v) is 5.00. The highest BCUT2D eigenvalue weighted by atomic mass is 14.8. The van der Waals surface area contributed by atoms with Crippen molar-refractivity contribution in [1.82, 2.24) is 15.0 Å². The molecule has 0 spiro atoms. The molecule has 0 bridgehead atoms. The Hall–Kier alpha value is -2.75. The molecule has 0 aliphatic carbocycles. The smallest absolute Gasteiger partial charge is 0.0914 e. The van der Waals surface area contributed by atoms with Gasteiger partial charge in [-0.2, -0.15) is 0 Å². The predicted octanol–water partition coefficient (Wildman–Crippen LogP) is 3.40. The first-order valence-electron chi connectivity index (χ1n) is 6.77. The quantitative estimate of drug-likeness (QED) is 0.779. The van der Waals surface area contributed by atoms with E-state index in [-0.39, 0.29) is 0 Å². The highest BCUT2D eigenvalue weighted by Crippen LogP contribution is 2.24. The van der Waals surface area contributed by atoms with Gasteiger partial charge in [0.05, 0.1) is 22.8 Å². The molecule has 0 aromatic carbocycles. The highest BCUT2D eigenvalue weighted by molar-refractivity contribution is 5.68. The minimum Gasteiger partial charge on any atom is -0.399 e. The van der Waals surface area contributed by atoms with E-state index in [1.165, 1.54) is 0 Å². The number of rotatable bonds is 2. The average Bonchev–Trinajstić information content (AvgIpc) is 2.46. The van der Waals surface area contributed by atoms with Gasteiger partial charge in [-0.15, -0.1) is 0 Å². The van der Waals surface area contributed by atoms with Crippen LogP contribution in [-0.2, 0) is 0 Å². The van der Waals surface area contributed by atoms with Gasteiger partial charge in [-0.05, 0) is 50.2 Å². The third-order valence-corrected chi connectivity index (χ3v) is 3.15. The summed E-state index contributed by atoms with van der Waals surface area (Å²) in [6, 6.07) is 15.4. The summed E-state index contributed by atoms with van der Waals surface area (Å²) in [6.07, 6.45) is 0. The van der Waals surface area contributed by atoms with Crippen molar-refractivity contribution in [3.05, 3.63) is 59.9 Å². The standard InChI is InChI=1S/C17H16N4/c1-11-5-3-7-14(19-11)16-9-13(18)10-17(21-16)15-8-4-6-12(2)20-15/h3-10H,1-2H3,(H2,18,21). The van der Waals surface area contributed by atoms with E-state index in [0.717, 1.165) is 34.2 Å². The largest absolute Gasteiger partial charge is 0.399 e. The lowest BCUT2D eigenvalue weighted by Gasteiger charge is -2.07. The Balaban J connectivity index is 2.12. The van der Waals surface area contributed by atoms with Crippen LogP contribution in [0.1, 0.15) is 11.4 Å². The fourth-order valence-corrected chi connectivity index (χ4v) is 2.19. The van der Waals surface area contributed by atoms with Crippen molar-refractivity contribution in [2.75, 3.05) is 5.73 Å². The lowest BCUT2D eigenvalue weighted by atomic mass is 10.1. The maximum absolute atomic E-state index is 6.01. The van der Waals surface area contributed by atoms with Crippen molar-refractivity contribution in [2.24, 2.45) is 0 Å². The summed E-state index contributed by atoms with van der Waals surface area (Å²) in [7, 11) is 0. The van der Waals surface area contributed by atoms with Crippen LogP contribution in [0, 0.1) is 13.8 Å². The van der Waals surface area contributed by atoms with Crippen LogP contribution in [0.2, 0.25) is 0 Å². The first kappa shape index (κ1) is 13.2. The third-order valence-electron chi connectivity index (χ3n) is 3.15. The van der Waals surface area contributed by atoms with Gasteiger partial charge in [0.25, 0.3) is 0 Å². The van der Waals surface area contributed by atoms with Gasteiger partial charge in [-0.3, -0.25) is 9.97 Å². The van der Waals surface area contributed by atoms with Crippen LogP contribution in [0.3, 0.4) is 0 Å². The minimum atomic E-state index is 0.654.